The largest absolute Gasteiger partial charge is 0.330 e. The second-order valence-electron chi connectivity index (χ2n) is 11.7. The summed E-state index contributed by atoms with van der Waals surface area (Å²) in [5, 5.41) is 4.80. The highest BCUT2D eigenvalue weighted by Crippen LogP contribution is 2.29. The SMILES string of the molecule is CC1=NC(c2ccc(-n3c(=O)c4c(n5ncc(CC(C)C)c35)CN(C(=O)c3ccc(Br)c(C)c3)[C@@H](C)C4)cc2)=CC1. The number of hydrogen-bond donors (Lipinski definition) is 0. The Kier molecular flexibility index (Phi) is 7.06. The first-order chi connectivity index (χ1) is 19.6. The molecule has 41 heavy (non-hydrogen) atoms. The van der Waals surface area contributed by atoms with E-state index in [-0.39, 0.29) is 17.5 Å². The van der Waals surface area contributed by atoms with Crippen molar-refractivity contribution in [1.82, 2.24) is 19.1 Å². The number of carbonyl (C=O) groups excluding carboxylic acids is 1. The van der Waals surface area contributed by atoms with E-state index in [4.69, 9.17) is 5.10 Å². The van der Waals surface area contributed by atoms with E-state index < -0.39 is 0 Å². The van der Waals surface area contributed by atoms with Crippen molar-refractivity contribution in [2.75, 3.05) is 0 Å². The van der Waals surface area contributed by atoms with Crippen LogP contribution in [0.15, 0.2) is 69.0 Å². The molecule has 210 valence electrons. The lowest BCUT2D eigenvalue weighted by Gasteiger charge is -2.35. The maximum atomic E-state index is 14.3. The molecule has 0 bridgehead atoms. The summed E-state index contributed by atoms with van der Waals surface area (Å²) in [4.78, 5) is 34.5. The second kappa shape index (κ2) is 10.6. The lowest BCUT2D eigenvalue weighted by Crippen LogP contribution is -2.46. The number of carbonyl (C=O) groups is 1. The third kappa shape index (κ3) is 4.88. The van der Waals surface area contributed by atoms with Gasteiger partial charge in [0.1, 0.15) is 5.65 Å². The van der Waals surface area contributed by atoms with Gasteiger partial charge in [0.2, 0.25) is 0 Å². The summed E-state index contributed by atoms with van der Waals surface area (Å²) < 4.78 is 4.68. The predicted octanol–water partition coefficient (Wildman–Crippen LogP) is 6.55. The van der Waals surface area contributed by atoms with Crippen molar-refractivity contribution >= 4 is 38.9 Å². The van der Waals surface area contributed by atoms with Gasteiger partial charge in [0, 0.05) is 39.3 Å². The fourth-order valence-electron chi connectivity index (χ4n) is 5.93. The van der Waals surface area contributed by atoms with Crippen molar-refractivity contribution in [2.24, 2.45) is 10.9 Å². The summed E-state index contributed by atoms with van der Waals surface area (Å²) in [7, 11) is 0. The van der Waals surface area contributed by atoms with E-state index in [2.05, 4.69) is 40.8 Å². The normalized spacial score (nSPS) is 16.8. The van der Waals surface area contributed by atoms with E-state index in [0.717, 1.165) is 62.4 Å². The number of benzene rings is 2. The number of rotatable bonds is 5. The van der Waals surface area contributed by atoms with Crippen molar-refractivity contribution in [3.63, 3.8) is 0 Å². The van der Waals surface area contributed by atoms with E-state index in [1.165, 1.54) is 0 Å². The molecule has 2 aliphatic heterocycles. The van der Waals surface area contributed by atoms with Gasteiger partial charge in [-0.15, -0.1) is 0 Å². The molecule has 8 heteroatoms. The highest BCUT2D eigenvalue weighted by atomic mass is 79.9. The number of aliphatic imine (C=N–C) groups is 1. The zero-order valence-corrected chi connectivity index (χ0v) is 25.7. The molecule has 2 aromatic carbocycles. The van der Waals surface area contributed by atoms with Gasteiger partial charge in [0.05, 0.1) is 29.8 Å². The quantitative estimate of drug-likeness (QED) is 0.257. The van der Waals surface area contributed by atoms with Gasteiger partial charge < -0.3 is 4.90 Å². The van der Waals surface area contributed by atoms with Crippen molar-refractivity contribution in [3.05, 3.63) is 103 Å². The zero-order valence-electron chi connectivity index (χ0n) is 24.1. The minimum atomic E-state index is -0.138. The molecule has 0 aliphatic carbocycles. The summed E-state index contributed by atoms with van der Waals surface area (Å²) in [5.41, 5.74) is 8.80. The molecule has 2 aromatic heterocycles. The third-order valence-electron chi connectivity index (χ3n) is 8.06. The van der Waals surface area contributed by atoms with Crippen LogP contribution in [-0.2, 0) is 19.4 Å². The van der Waals surface area contributed by atoms with Crippen LogP contribution in [0.2, 0.25) is 0 Å². The minimum Gasteiger partial charge on any atom is -0.330 e. The molecule has 1 atom stereocenters. The first-order valence-corrected chi connectivity index (χ1v) is 15.0. The van der Waals surface area contributed by atoms with Crippen LogP contribution in [0.1, 0.15) is 72.4 Å². The van der Waals surface area contributed by atoms with Crippen molar-refractivity contribution in [2.45, 2.75) is 66.5 Å². The fourth-order valence-corrected chi connectivity index (χ4v) is 6.17. The van der Waals surface area contributed by atoms with E-state index in [1.807, 2.05) is 83.4 Å². The van der Waals surface area contributed by atoms with Gasteiger partial charge in [-0.3, -0.25) is 19.1 Å². The second-order valence-corrected chi connectivity index (χ2v) is 12.6. The van der Waals surface area contributed by atoms with Crippen molar-refractivity contribution < 1.29 is 4.79 Å². The number of aromatic nitrogens is 3. The molecule has 0 saturated heterocycles. The molecule has 4 heterocycles. The zero-order chi connectivity index (χ0) is 29.0. The number of nitrogens with zero attached hydrogens (tertiary/aromatic N) is 5. The van der Waals surface area contributed by atoms with Crippen LogP contribution in [-0.4, -0.2) is 36.7 Å². The van der Waals surface area contributed by atoms with E-state index >= 15 is 0 Å². The van der Waals surface area contributed by atoms with Gasteiger partial charge in [-0.1, -0.05) is 48.0 Å². The third-order valence-corrected chi connectivity index (χ3v) is 8.95. The number of allylic oxidation sites excluding steroid dienone is 1. The maximum absolute atomic E-state index is 14.3. The van der Waals surface area contributed by atoms with E-state index in [0.29, 0.717) is 30.0 Å². The summed E-state index contributed by atoms with van der Waals surface area (Å²) in [6.07, 6.45) is 6.13. The number of hydrogen-bond acceptors (Lipinski definition) is 4. The molecular formula is C33H34BrN5O2. The molecule has 4 aromatic rings. The molecule has 7 nitrogen and oxygen atoms in total. The van der Waals surface area contributed by atoms with Crippen molar-refractivity contribution in [1.29, 1.82) is 0 Å². The molecule has 6 rings (SSSR count). The molecule has 0 fully saturated rings. The summed E-state index contributed by atoms with van der Waals surface area (Å²) in [6.45, 7) is 10.7. The van der Waals surface area contributed by atoms with Crippen LogP contribution in [0.25, 0.3) is 17.0 Å². The number of amides is 1. The first kappa shape index (κ1) is 27.4. The Hall–Kier alpha value is -3.78. The van der Waals surface area contributed by atoms with Gasteiger partial charge in [0.15, 0.2) is 0 Å². The molecule has 1 amide bonds. The van der Waals surface area contributed by atoms with Crippen LogP contribution in [0.5, 0.6) is 0 Å². The standard InChI is InChI=1S/C33H34BrN5O2/c1-19(2)14-25-17-35-39-30-18-37(32(40)24-9-12-28(34)20(3)15-24)22(5)16-27(30)33(41)38(31(25)39)26-10-7-23(8-11-26)29-13-6-21(4)36-29/h7-13,15,17,19,22H,6,14,16,18H2,1-5H3/t22-/m0/s1. The molecule has 2 aliphatic rings. The Labute approximate surface area is 248 Å². The molecule has 0 spiro atoms. The molecule has 0 radical (unpaired) electrons. The molecule has 0 saturated carbocycles. The van der Waals surface area contributed by atoms with Gasteiger partial charge in [-0.25, -0.2) is 4.52 Å². The fraction of sp³-hybridized carbons (Fsp3) is 0.333. The number of aryl methyl sites for hydroxylation is 1. The van der Waals surface area contributed by atoms with Gasteiger partial charge in [-0.2, -0.15) is 5.10 Å². The van der Waals surface area contributed by atoms with Crippen LogP contribution in [0.3, 0.4) is 0 Å². The summed E-state index contributed by atoms with van der Waals surface area (Å²) in [5.74, 6) is 0.347. The highest BCUT2D eigenvalue weighted by molar-refractivity contribution is 9.10. The lowest BCUT2D eigenvalue weighted by atomic mass is 9.97. The van der Waals surface area contributed by atoms with Crippen LogP contribution in [0, 0.1) is 12.8 Å². The Morgan fingerprint density at radius 1 is 1.12 bits per heavy atom. The topological polar surface area (TPSA) is 72.0 Å². The number of halogens is 1. The van der Waals surface area contributed by atoms with E-state index in [1.54, 1.807) is 0 Å². The highest BCUT2D eigenvalue weighted by Gasteiger charge is 2.33. The Morgan fingerprint density at radius 2 is 1.88 bits per heavy atom. The molecular weight excluding hydrogens is 578 g/mol. The lowest BCUT2D eigenvalue weighted by molar-refractivity contribution is 0.0651. The summed E-state index contributed by atoms with van der Waals surface area (Å²) >= 11 is 3.53. The van der Waals surface area contributed by atoms with Gasteiger partial charge in [-0.05, 0) is 81.0 Å². The average Bonchev–Trinajstić information content (AvgIpc) is 3.56. The molecule has 0 N–H and O–H groups in total. The monoisotopic (exact) mass is 611 g/mol. The predicted molar refractivity (Wildman–Crippen MR) is 167 cm³/mol. The molecule has 0 unspecified atom stereocenters. The average molecular weight is 613 g/mol. The maximum Gasteiger partial charge on any atom is 0.261 e. The number of fused-ring (bicyclic) bond motifs is 3. The first-order valence-electron chi connectivity index (χ1n) is 14.2. The smallest absolute Gasteiger partial charge is 0.261 e. The van der Waals surface area contributed by atoms with E-state index in [9.17, 15) is 9.59 Å². The Balaban J connectivity index is 1.47. The Morgan fingerprint density at radius 3 is 2.54 bits per heavy atom. The minimum absolute atomic E-state index is 0.0414. The van der Waals surface area contributed by atoms with Crippen LogP contribution in [0.4, 0.5) is 0 Å². The van der Waals surface area contributed by atoms with Crippen LogP contribution < -0.4 is 5.56 Å². The van der Waals surface area contributed by atoms with Gasteiger partial charge >= 0.3 is 0 Å². The van der Waals surface area contributed by atoms with Gasteiger partial charge in [0.25, 0.3) is 11.5 Å². The summed E-state index contributed by atoms with van der Waals surface area (Å²) in [6, 6.07) is 13.6. The van der Waals surface area contributed by atoms with Crippen molar-refractivity contribution in [3.8, 4) is 5.69 Å². The Bertz CT molecular complexity index is 1810. The van der Waals surface area contributed by atoms with Crippen LogP contribution >= 0.6 is 15.9 Å².